The Kier molecular flexibility index (Phi) is 6.58. The first-order chi connectivity index (χ1) is 14.2. The number of anilines is 1. The molecular formula is C21H17ClF3N3OS. The fraction of sp³-hybridized carbons (Fsp3) is 0.143. The number of urea groups is 1. The van der Waals surface area contributed by atoms with Crippen LogP contribution in [0.1, 0.15) is 11.1 Å². The molecule has 0 saturated heterocycles. The van der Waals surface area contributed by atoms with Gasteiger partial charge in [0.1, 0.15) is 0 Å². The van der Waals surface area contributed by atoms with Crippen molar-refractivity contribution in [3.05, 3.63) is 76.9 Å². The molecule has 1 aromatic heterocycles. The summed E-state index contributed by atoms with van der Waals surface area (Å²) in [6.07, 6.45) is -0.934. The van der Waals surface area contributed by atoms with Gasteiger partial charge < -0.3 is 5.73 Å². The standard InChI is InChI=1S/C21H17ClF3N3OS/c1-30-16-6-8-19(27-11-16)14-4-2-3-13(9-14)12-28(20(26)29)15-5-7-18(22)17(10-15)21(23,24)25/h2-11H,12H2,1H3,(H2,26,29). The Bertz CT molecular complexity index is 1060. The SMILES string of the molecule is CSc1ccc(-c2cccc(CN(C(N)=O)c3ccc(Cl)c(C(F)(F)F)c3)c2)nc1. The second-order valence-electron chi connectivity index (χ2n) is 6.37. The number of primary amides is 1. The zero-order valence-corrected chi connectivity index (χ0v) is 17.4. The molecule has 0 bridgehead atoms. The summed E-state index contributed by atoms with van der Waals surface area (Å²) in [5.74, 6) is 0. The summed E-state index contributed by atoms with van der Waals surface area (Å²) >= 11 is 7.25. The van der Waals surface area contributed by atoms with Crippen LogP contribution in [-0.2, 0) is 12.7 Å². The number of halogens is 4. The van der Waals surface area contributed by atoms with Crippen molar-refractivity contribution in [2.24, 2.45) is 5.73 Å². The molecule has 30 heavy (non-hydrogen) atoms. The second kappa shape index (κ2) is 8.97. The summed E-state index contributed by atoms with van der Waals surface area (Å²) in [5, 5.41) is -0.447. The van der Waals surface area contributed by atoms with E-state index in [2.05, 4.69) is 4.98 Å². The number of pyridine rings is 1. The number of aromatic nitrogens is 1. The first kappa shape index (κ1) is 22.0. The van der Waals surface area contributed by atoms with Crippen molar-refractivity contribution in [2.75, 3.05) is 11.2 Å². The van der Waals surface area contributed by atoms with Crippen LogP contribution in [0.5, 0.6) is 0 Å². The number of hydrogen-bond donors (Lipinski definition) is 1. The number of carbonyl (C=O) groups is 1. The molecule has 3 aromatic rings. The van der Waals surface area contributed by atoms with E-state index >= 15 is 0 Å². The Morgan fingerprint density at radius 3 is 2.53 bits per heavy atom. The van der Waals surface area contributed by atoms with E-state index in [0.29, 0.717) is 5.56 Å². The minimum Gasteiger partial charge on any atom is -0.351 e. The minimum absolute atomic E-state index is 0.00655. The van der Waals surface area contributed by atoms with E-state index in [1.807, 2.05) is 30.5 Å². The van der Waals surface area contributed by atoms with Gasteiger partial charge >= 0.3 is 12.2 Å². The number of nitrogens with zero attached hydrogens (tertiary/aromatic N) is 2. The maximum absolute atomic E-state index is 13.2. The van der Waals surface area contributed by atoms with Gasteiger partial charge in [-0.3, -0.25) is 9.88 Å². The maximum atomic E-state index is 13.2. The molecule has 0 radical (unpaired) electrons. The van der Waals surface area contributed by atoms with Crippen LogP contribution in [0, 0.1) is 0 Å². The van der Waals surface area contributed by atoms with Gasteiger partial charge in [0.2, 0.25) is 0 Å². The molecule has 4 nitrogen and oxygen atoms in total. The normalized spacial score (nSPS) is 11.4. The molecule has 9 heteroatoms. The lowest BCUT2D eigenvalue weighted by Crippen LogP contribution is -2.35. The zero-order valence-electron chi connectivity index (χ0n) is 15.8. The highest BCUT2D eigenvalue weighted by Gasteiger charge is 2.34. The van der Waals surface area contributed by atoms with E-state index < -0.39 is 22.8 Å². The molecule has 0 unspecified atom stereocenters. The van der Waals surface area contributed by atoms with Gasteiger partial charge in [0.25, 0.3) is 0 Å². The van der Waals surface area contributed by atoms with Crippen molar-refractivity contribution in [3.63, 3.8) is 0 Å². The molecule has 3 rings (SSSR count). The molecule has 2 amide bonds. The average molecular weight is 452 g/mol. The number of carbonyl (C=O) groups excluding carboxylic acids is 1. The molecule has 1 heterocycles. The van der Waals surface area contributed by atoms with Gasteiger partial charge in [0.15, 0.2) is 0 Å². The predicted octanol–water partition coefficient (Wildman–Crippen LogP) is 6.23. The molecule has 2 aromatic carbocycles. The van der Waals surface area contributed by atoms with Crippen LogP contribution in [-0.4, -0.2) is 17.3 Å². The molecule has 156 valence electrons. The molecule has 0 aliphatic heterocycles. The van der Waals surface area contributed by atoms with Crippen molar-refractivity contribution >= 4 is 35.1 Å². The van der Waals surface area contributed by atoms with E-state index in [1.54, 1.807) is 30.1 Å². The molecule has 0 aliphatic carbocycles. The highest BCUT2D eigenvalue weighted by molar-refractivity contribution is 7.98. The van der Waals surface area contributed by atoms with Gasteiger partial charge in [0.05, 0.1) is 22.8 Å². The third-order valence-corrected chi connectivity index (χ3v) is 5.41. The summed E-state index contributed by atoms with van der Waals surface area (Å²) in [6, 6.07) is 13.4. The van der Waals surface area contributed by atoms with Gasteiger partial charge in [-0.05, 0) is 48.2 Å². The van der Waals surface area contributed by atoms with Crippen LogP contribution in [0.2, 0.25) is 5.02 Å². The molecule has 0 fully saturated rings. The Hall–Kier alpha value is -2.71. The topological polar surface area (TPSA) is 59.2 Å². The van der Waals surface area contributed by atoms with Crippen molar-refractivity contribution in [1.82, 2.24) is 4.98 Å². The molecule has 0 saturated carbocycles. The summed E-state index contributed by atoms with van der Waals surface area (Å²) in [6.45, 7) is -0.00893. The summed E-state index contributed by atoms with van der Waals surface area (Å²) in [7, 11) is 0. The summed E-state index contributed by atoms with van der Waals surface area (Å²) in [4.78, 5) is 18.5. The number of thioether (sulfide) groups is 1. The number of hydrogen-bond acceptors (Lipinski definition) is 3. The predicted molar refractivity (Wildman–Crippen MR) is 114 cm³/mol. The Morgan fingerprint density at radius 1 is 1.17 bits per heavy atom. The van der Waals surface area contributed by atoms with E-state index in [1.165, 1.54) is 6.07 Å². The molecule has 0 atom stereocenters. The Balaban J connectivity index is 1.92. The lowest BCUT2D eigenvalue weighted by molar-refractivity contribution is -0.137. The fourth-order valence-electron chi connectivity index (χ4n) is 2.88. The molecule has 0 aliphatic rings. The van der Waals surface area contributed by atoms with E-state index in [-0.39, 0.29) is 12.2 Å². The monoisotopic (exact) mass is 451 g/mol. The van der Waals surface area contributed by atoms with Crippen LogP contribution < -0.4 is 10.6 Å². The largest absolute Gasteiger partial charge is 0.417 e. The first-order valence-corrected chi connectivity index (χ1v) is 10.3. The number of benzene rings is 2. The Labute approximate surface area is 180 Å². The third-order valence-electron chi connectivity index (χ3n) is 4.37. The average Bonchev–Trinajstić information content (AvgIpc) is 2.72. The lowest BCUT2D eigenvalue weighted by atomic mass is 10.1. The van der Waals surface area contributed by atoms with Crippen LogP contribution >= 0.6 is 23.4 Å². The van der Waals surface area contributed by atoms with Crippen LogP contribution in [0.25, 0.3) is 11.3 Å². The number of nitrogens with two attached hydrogens (primary N) is 1. The van der Waals surface area contributed by atoms with Gasteiger partial charge in [-0.2, -0.15) is 13.2 Å². The first-order valence-electron chi connectivity index (χ1n) is 8.72. The third kappa shape index (κ3) is 5.06. The van der Waals surface area contributed by atoms with Gasteiger partial charge in [-0.1, -0.05) is 29.8 Å². The van der Waals surface area contributed by atoms with Crippen molar-refractivity contribution < 1.29 is 18.0 Å². The smallest absolute Gasteiger partial charge is 0.351 e. The van der Waals surface area contributed by atoms with Crippen molar-refractivity contribution in [3.8, 4) is 11.3 Å². The zero-order chi connectivity index (χ0) is 21.9. The van der Waals surface area contributed by atoms with E-state index in [0.717, 1.165) is 33.2 Å². The minimum atomic E-state index is -4.65. The number of alkyl halides is 3. The van der Waals surface area contributed by atoms with E-state index in [4.69, 9.17) is 17.3 Å². The van der Waals surface area contributed by atoms with Crippen LogP contribution in [0.3, 0.4) is 0 Å². The summed E-state index contributed by atoms with van der Waals surface area (Å²) < 4.78 is 39.6. The van der Waals surface area contributed by atoms with Crippen LogP contribution in [0.4, 0.5) is 23.7 Å². The van der Waals surface area contributed by atoms with Gasteiger partial charge in [-0.15, -0.1) is 11.8 Å². The van der Waals surface area contributed by atoms with Gasteiger partial charge in [0, 0.05) is 22.3 Å². The van der Waals surface area contributed by atoms with Crippen molar-refractivity contribution in [1.29, 1.82) is 0 Å². The Morgan fingerprint density at radius 2 is 1.93 bits per heavy atom. The maximum Gasteiger partial charge on any atom is 0.417 e. The second-order valence-corrected chi connectivity index (χ2v) is 7.66. The van der Waals surface area contributed by atoms with Gasteiger partial charge in [-0.25, -0.2) is 4.79 Å². The molecule has 0 spiro atoms. The van der Waals surface area contributed by atoms with Crippen LogP contribution in [0.15, 0.2) is 65.7 Å². The van der Waals surface area contributed by atoms with Crippen molar-refractivity contribution in [2.45, 2.75) is 17.6 Å². The highest BCUT2D eigenvalue weighted by atomic mass is 35.5. The molecular weight excluding hydrogens is 435 g/mol. The molecule has 2 N–H and O–H groups in total. The highest BCUT2D eigenvalue weighted by Crippen LogP contribution is 2.37. The number of rotatable bonds is 5. The van der Waals surface area contributed by atoms with E-state index in [9.17, 15) is 18.0 Å². The lowest BCUT2D eigenvalue weighted by Gasteiger charge is -2.22. The quantitative estimate of drug-likeness (QED) is 0.468. The summed E-state index contributed by atoms with van der Waals surface area (Å²) in [5.41, 5.74) is 6.68. The fourth-order valence-corrected chi connectivity index (χ4v) is 3.47. The number of amides is 2.